The van der Waals surface area contributed by atoms with Gasteiger partial charge in [0.1, 0.15) is 5.82 Å². The lowest BCUT2D eigenvalue weighted by Gasteiger charge is -2.37. The van der Waals surface area contributed by atoms with E-state index >= 15 is 0 Å². The van der Waals surface area contributed by atoms with Crippen LogP contribution in [0, 0.1) is 17.8 Å². The quantitative estimate of drug-likeness (QED) is 0.809. The number of piperazine rings is 1. The van der Waals surface area contributed by atoms with E-state index in [0.717, 1.165) is 50.1 Å². The van der Waals surface area contributed by atoms with Gasteiger partial charge in [-0.3, -0.25) is 4.99 Å². The average molecular weight is 304 g/mol. The summed E-state index contributed by atoms with van der Waals surface area (Å²) >= 11 is 0. The molecule has 0 bridgehead atoms. The molecular weight excluding hydrogens is 272 g/mol. The molecule has 3 atom stereocenters. The lowest BCUT2D eigenvalue weighted by molar-refractivity contribution is 0.211. The van der Waals surface area contributed by atoms with Gasteiger partial charge in [0.25, 0.3) is 0 Å². The maximum absolute atomic E-state index is 4.97. The summed E-state index contributed by atoms with van der Waals surface area (Å²) in [7, 11) is 0. The molecular formula is C18H32N4. The zero-order chi connectivity index (χ0) is 16.1. The van der Waals surface area contributed by atoms with E-state index in [9.17, 15) is 0 Å². The van der Waals surface area contributed by atoms with Crippen molar-refractivity contribution in [1.82, 2.24) is 10.2 Å². The Morgan fingerprint density at radius 3 is 2.77 bits per heavy atom. The van der Waals surface area contributed by atoms with E-state index in [4.69, 9.17) is 4.99 Å². The Morgan fingerprint density at radius 2 is 2.14 bits per heavy atom. The van der Waals surface area contributed by atoms with E-state index in [2.05, 4.69) is 49.6 Å². The summed E-state index contributed by atoms with van der Waals surface area (Å²) in [5, 5.41) is 3.60. The second-order valence-corrected chi connectivity index (χ2v) is 7.30. The Bertz CT molecular complexity index is 438. The second kappa shape index (κ2) is 7.91. The van der Waals surface area contributed by atoms with Crippen molar-refractivity contribution in [2.24, 2.45) is 27.7 Å². The van der Waals surface area contributed by atoms with Gasteiger partial charge in [0.15, 0.2) is 0 Å². The minimum absolute atomic E-state index is 0.521. The highest BCUT2D eigenvalue weighted by molar-refractivity contribution is 5.86. The molecule has 2 rings (SSSR count). The molecule has 124 valence electrons. The lowest BCUT2D eigenvalue weighted by Crippen LogP contribution is -2.52. The molecule has 2 fully saturated rings. The molecule has 0 aromatic carbocycles. The van der Waals surface area contributed by atoms with Crippen molar-refractivity contribution in [3.05, 3.63) is 12.0 Å². The van der Waals surface area contributed by atoms with Crippen LogP contribution >= 0.6 is 0 Å². The minimum atomic E-state index is 0.521. The molecule has 1 saturated heterocycles. The topological polar surface area (TPSA) is 40.0 Å². The lowest BCUT2D eigenvalue weighted by atomic mass is 9.81. The monoisotopic (exact) mass is 304 g/mol. The highest BCUT2D eigenvalue weighted by Crippen LogP contribution is 2.28. The molecule has 1 aliphatic heterocycles. The fraction of sp³-hybridized carbons (Fsp3) is 0.778. The zero-order valence-electron chi connectivity index (χ0n) is 14.7. The van der Waals surface area contributed by atoms with E-state index in [1.54, 1.807) is 0 Å². The van der Waals surface area contributed by atoms with Crippen molar-refractivity contribution in [3.63, 3.8) is 0 Å². The Kier molecular flexibility index (Phi) is 6.18. The van der Waals surface area contributed by atoms with Gasteiger partial charge < -0.3 is 10.2 Å². The van der Waals surface area contributed by atoms with Crippen LogP contribution in [0.3, 0.4) is 0 Å². The first-order valence-electron chi connectivity index (χ1n) is 8.72. The molecule has 1 saturated carbocycles. The molecule has 0 aromatic heterocycles. The summed E-state index contributed by atoms with van der Waals surface area (Å²) in [6, 6.07) is 0.521. The average Bonchev–Trinajstić information content (AvgIpc) is 2.50. The van der Waals surface area contributed by atoms with Gasteiger partial charge in [-0.2, -0.15) is 0 Å². The summed E-state index contributed by atoms with van der Waals surface area (Å²) in [5.41, 5.74) is 1.33. The van der Waals surface area contributed by atoms with Gasteiger partial charge in [0.2, 0.25) is 0 Å². The Labute approximate surface area is 135 Å². The largest absolute Gasteiger partial charge is 0.353 e. The van der Waals surface area contributed by atoms with Crippen LogP contribution in [0.1, 0.15) is 47.0 Å². The molecule has 1 aliphatic carbocycles. The smallest absolute Gasteiger partial charge is 0.146 e. The van der Waals surface area contributed by atoms with Gasteiger partial charge in [-0.25, -0.2) is 4.99 Å². The summed E-state index contributed by atoms with van der Waals surface area (Å²) in [6.07, 6.45) is 5.33. The van der Waals surface area contributed by atoms with Gasteiger partial charge in [0.05, 0.1) is 6.20 Å². The van der Waals surface area contributed by atoms with E-state index in [1.165, 1.54) is 12.1 Å². The Hall–Kier alpha value is -1.16. The molecule has 4 nitrogen and oxygen atoms in total. The summed E-state index contributed by atoms with van der Waals surface area (Å²) in [5.74, 6) is 3.17. The molecule has 0 aromatic rings. The highest BCUT2D eigenvalue weighted by atomic mass is 15.3. The van der Waals surface area contributed by atoms with Crippen molar-refractivity contribution in [1.29, 1.82) is 0 Å². The van der Waals surface area contributed by atoms with Crippen molar-refractivity contribution in [2.75, 3.05) is 19.6 Å². The van der Waals surface area contributed by atoms with Crippen molar-refractivity contribution < 1.29 is 0 Å². The van der Waals surface area contributed by atoms with E-state index in [-0.39, 0.29) is 0 Å². The fourth-order valence-corrected chi connectivity index (χ4v) is 3.31. The van der Waals surface area contributed by atoms with Crippen LogP contribution < -0.4 is 5.32 Å². The third kappa shape index (κ3) is 4.42. The van der Waals surface area contributed by atoms with Crippen molar-refractivity contribution >= 4 is 12.4 Å². The zero-order valence-corrected chi connectivity index (χ0v) is 14.7. The van der Waals surface area contributed by atoms with Crippen LogP contribution in [-0.2, 0) is 0 Å². The molecule has 0 amide bonds. The molecule has 0 spiro atoms. The molecule has 1 N–H and O–H groups in total. The van der Waals surface area contributed by atoms with Crippen LogP contribution in [0.15, 0.2) is 22.0 Å². The molecule has 1 heterocycles. The summed E-state index contributed by atoms with van der Waals surface area (Å²) < 4.78 is 0. The highest BCUT2D eigenvalue weighted by Gasteiger charge is 2.25. The number of hydrogen-bond acceptors (Lipinski definition) is 4. The van der Waals surface area contributed by atoms with Gasteiger partial charge in [0, 0.05) is 31.4 Å². The maximum atomic E-state index is 4.97. The minimum Gasteiger partial charge on any atom is -0.353 e. The summed E-state index contributed by atoms with van der Waals surface area (Å²) in [4.78, 5) is 11.3. The van der Waals surface area contributed by atoms with Crippen molar-refractivity contribution in [3.8, 4) is 0 Å². The normalized spacial score (nSPS) is 32.6. The third-order valence-electron chi connectivity index (χ3n) is 5.23. The SMILES string of the molecule is C=N/C=C(\N=C1CCC(C)C(C)C1)N1CCN[C@H](C(C)C)C1. The fourth-order valence-electron chi connectivity index (χ4n) is 3.31. The van der Waals surface area contributed by atoms with Crippen LogP contribution in [-0.4, -0.2) is 43.0 Å². The predicted molar refractivity (Wildman–Crippen MR) is 95.4 cm³/mol. The van der Waals surface area contributed by atoms with Crippen LogP contribution in [0.5, 0.6) is 0 Å². The molecule has 22 heavy (non-hydrogen) atoms. The predicted octanol–water partition coefficient (Wildman–Crippen LogP) is 3.31. The molecule has 4 heteroatoms. The van der Waals surface area contributed by atoms with Gasteiger partial charge >= 0.3 is 0 Å². The first kappa shape index (κ1) is 17.2. The number of hydrogen-bond donors (Lipinski definition) is 1. The Morgan fingerprint density at radius 1 is 1.36 bits per heavy atom. The van der Waals surface area contributed by atoms with Crippen LogP contribution in [0.25, 0.3) is 0 Å². The standard InChI is InChI=1S/C18H32N4/c1-13(2)17-12-22(9-8-20-17)18(11-19-5)21-16-7-6-14(3)15(4)10-16/h11,13-15,17,20H,5-10,12H2,1-4H3/b18-11+,21-16?/t14?,15?,17-/m0/s1. The van der Waals surface area contributed by atoms with Crippen molar-refractivity contribution in [2.45, 2.75) is 53.0 Å². The van der Waals surface area contributed by atoms with Gasteiger partial charge in [-0.05, 0) is 43.7 Å². The van der Waals surface area contributed by atoms with Crippen LogP contribution in [0.4, 0.5) is 0 Å². The first-order chi connectivity index (χ1) is 10.5. The maximum Gasteiger partial charge on any atom is 0.146 e. The van der Waals surface area contributed by atoms with E-state index < -0.39 is 0 Å². The second-order valence-electron chi connectivity index (χ2n) is 7.30. The van der Waals surface area contributed by atoms with E-state index in [1.807, 2.05) is 6.20 Å². The third-order valence-corrected chi connectivity index (χ3v) is 5.23. The summed E-state index contributed by atoms with van der Waals surface area (Å²) in [6.45, 7) is 15.9. The Balaban J connectivity index is 2.10. The number of rotatable bonds is 4. The first-order valence-corrected chi connectivity index (χ1v) is 8.72. The van der Waals surface area contributed by atoms with Crippen LogP contribution in [0.2, 0.25) is 0 Å². The van der Waals surface area contributed by atoms with Gasteiger partial charge in [-0.1, -0.05) is 27.7 Å². The molecule has 2 unspecified atom stereocenters. The molecule has 2 aliphatic rings. The van der Waals surface area contributed by atoms with Gasteiger partial charge in [-0.15, -0.1) is 0 Å². The number of nitrogens with zero attached hydrogens (tertiary/aromatic N) is 3. The number of aliphatic imine (C=N–C) groups is 2. The van der Waals surface area contributed by atoms with E-state index in [0.29, 0.717) is 12.0 Å². The molecule has 0 radical (unpaired) electrons. The number of nitrogens with one attached hydrogen (secondary N) is 1.